The number of ketones is 2. The highest BCUT2D eigenvalue weighted by atomic mass is 32.2. The maximum Gasteiger partial charge on any atom is 0.155 e. The van der Waals surface area contributed by atoms with Crippen LogP contribution in [0, 0.1) is 28.6 Å². The minimum absolute atomic E-state index is 0.0425. The smallest absolute Gasteiger partial charge is 0.155 e. The number of Topliss-reactive ketones (excluding diaryl/α,β-unsaturated/α-hetero) is 1. The Morgan fingerprint density at radius 3 is 2.68 bits per heavy atom. The van der Waals surface area contributed by atoms with Crippen LogP contribution in [0.3, 0.4) is 0 Å². The molecule has 6 atom stereocenters. The van der Waals surface area contributed by atoms with Gasteiger partial charge < -0.3 is 0 Å². The predicted octanol–water partition coefficient (Wildman–Crippen LogP) is 5.21. The molecule has 0 saturated heterocycles. The van der Waals surface area contributed by atoms with Crippen LogP contribution in [-0.4, -0.2) is 23.1 Å². The molecule has 0 aromatic rings. The van der Waals surface area contributed by atoms with Gasteiger partial charge in [0, 0.05) is 23.5 Å². The van der Waals surface area contributed by atoms with Crippen molar-refractivity contribution in [3.63, 3.8) is 0 Å². The summed E-state index contributed by atoms with van der Waals surface area (Å²) < 4.78 is 0. The topological polar surface area (TPSA) is 34.1 Å². The molecule has 0 radical (unpaired) electrons. The number of rotatable bonds is 3. The Bertz CT molecular complexity index is 624. The van der Waals surface area contributed by atoms with Crippen molar-refractivity contribution in [1.29, 1.82) is 0 Å². The normalized spacial score (nSPS) is 44.6. The Morgan fingerprint density at radius 1 is 1.12 bits per heavy atom. The van der Waals surface area contributed by atoms with Gasteiger partial charge in [-0.15, -0.1) is 0 Å². The molecule has 0 aliphatic heterocycles. The third-order valence-electron chi connectivity index (χ3n) is 8.45. The van der Waals surface area contributed by atoms with Gasteiger partial charge in [0.2, 0.25) is 0 Å². The summed E-state index contributed by atoms with van der Waals surface area (Å²) in [5, 5.41) is 0.633. The minimum atomic E-state index is -0.0425. The van der Waals surface area contributed by atoms with Gasteiger partial charge >= 0.3 is 0 Å². The standard InChI is InChI=1S/C22H32O2S/c1-14(25-3)13-22-11-8-16(23)12-15(22)4-5-17-18-6-7-20(24)21(18,2)10-9-19(17)22/h12,14,17-19H,4-11,13H2,1-3H3/t14?,17-,18-,19+,21-,22+/m0/s1. The lowest BCUT2D eigenvalue weighted by molar-refractivity contribution is -0.133. The van der Waals surface area contributed by atoms with Gasteiger partial charge in [-0.25, -0.2) is 0 Å². The molecule has 138 valence electrons. The van der Waals surface area contributed by atoms with Gasteiger partial charge in [-0.2, -0.15) is 11.8 Å². The molecule has 0 bridgehead atoms. The first-order valence-corrected chi connectivity index (χ1v) is 11.5. The predicted molar refractivity (Wildman–Crippen MR) is 104 cm³/mol. The molecule has 25 heavy (non-hydrogen) atoms. The van der Waals surface area contributed by atoms with E-state index in [1.165, 1.54) is 24.8 Å². The fourth-order valence-corrected chi connectivity index (χ4v) is 7.58. The molecule has 3 heteroatoms. The highest BCUT2D eigenvalue weighted by Gasteiger charge is 2.60. The van der Waals surface area contributed by atoms with Crippen LogP contribution < -0.4 is 0 Å². The van der Waals surface area contributed by atoms with Crippen molar-refractivity contribution in [2.75, 3.05) is 6.26 Å². The van der Waals surface area contributed by atoms with Gasteiger partial charge in [0.05, 0.1) is 0 Å². The van der Waals surface area contributed by atoms with Crippen molar-refractivity contribution in [2.24, 2.45) is 28.6 Å². The highest BCUT2D eigenvalue weighted by Crippen LogP contribution is 2.65. The molecule has 4 aliphatic carbocycles. The van der Waals surface area contributed by atoms with E-state index >= 15 is 0 Å². The molecule has 4 aliphatic rings. The molecule has 4 rings (SSSR count). The summed E-state index contributed by atoms with van der Waals surface area (Å²) in [5.74, 6) is 2.86. The molecule has 0 N–H and O–H groups in total. The second-order valence-electron chi connectivity index (χ2n) is 9.38. The SMILES string of the molecule is CSC(C)C[C@]12CCC(=O)C=C1CC[C@@H]1[C@H]2CC[C@]2(C)C(=O)CC[C@@H]12. The average molecular weight is 361 g/mol. The summed E-state index contributed by atoms with van der Waals surface area (Å²) in [6.45, 7) is 4.61. The summed E-state index contributed by atoms with van der Waals surface area (Å²) in [7, 11) is 0. The summed E-state index contributed by atoms with van der Waals surface area (Å²) in [5.41, 5.74) is 1.67. The van der Waals surface area contributed by atoms with E-state index in [2.05, 4.69) is 20.1 Å². The molecule has 0 spiro atoms. The molecule has 0 aromatic heterocycles. The van der Waals surface area contributed by atoms with Gasteiger partial charge in [-0.1, -0.05) is 19.4 Å². The van der Waals surface area contributed by atoms with Crippen LogP contribution in [0.5, 0.6) is 0 Å². The molecular weight excluding hydrogens is 328 g/mol. The Labute approximate surface area is 156 Å². The van der Waals surface area contributed by atoms with E-state index in [1.807, 2.05) is 17.8 Å². The van der Waals surface area contributed by atoms with E-state index in [9.17, 15) is 9.59 Å². The van der Waals surface area contributed by atoms with Gasteiger partial charge in [-0.3, -0.25) is 9.59 Å². The van der Waals surface area contributed by atoms with Gasteiger partial charge in [0.15, 0.2) is 5.78 Å². The summed E-state index contributed by atoms with van der Waals surface area (Å²) in [6, 6.07) is 0. The molecule has 0 aromatic carbocycles. The van der Waals surface area contributed by atoms with Crippen LogP contribution in [0.1, 0.15) is 71.6 Å². The molecule has 1 unspecified atom stereocenters. The van der Waals surface area contributed by atoms with Crippen molar-refractivity contribution in [3.05, 3.63) is 11.6 Å². The van der Waals surface area contributed by atoms with Gasteiger partial charge in [-0.05, 0) is 80.4 Å². The van der Waals surface area contributed by atoms with Gasteiger partial charge in [0.1, 0.15) is 5.78 Å². The Hall–Kier alpha value is -0.570. The lowest BCUT2D eigenvalue weighted by atomic mass is 9.46. The molecule has 0 heterocycles. The van der Waals surface area contributed by atoms with Crippen LogP contribution in [0.25, 0.3) is 0 Å². The lowest BCUT2D eigenvalue weighted by Gasteiger charge is -2.58. The van der Waals surface area contributed by atoms with Crippen molar-refractivity contribution in [3.8, 4) is 0 Å². The first-order valence-electron chi connectivity index (χ1n) is 10.2. The average Bonchev–Trinajstić information content (AvgIpc) is 2.90. The van der Waals surface area contributed by atoms with Crippen LogP contribution in [0.2, 0.25) is 0 Å². The van der Waals surface area contributed by atoms with Crippen molar-refractivity contribution < 1.29 is 9.59 Å². The van der Waals surface area contributed by atoms with E-state index < -0.39 is 0 Å². The fraction of sp³-hybridized carbons (Fsp3) is 0.818. The molecule has 2 nitrogen and oxygen atoms in total. The van der Waals surface area contributed by atoms with Crippen LogP contribution in [-0.2, 0) is 9.59 Å². The lowest BCUT2D eigenvalue weighted by Crippen LogP contribution is -2.52. The zero-order valence-electron chi connectivity index (χ0n) is 16.0. The van der Waals surface area contributed by atoms with Crippen molar-refractivity contribution >= 4 is 23.3 Å². The zero-order chi connectivity index (χ0) is 17.8. The summed E-state index contributed by atoms with van der Waals surface area (Å²) in [4.78, 5) is 24.7. The fourth-order valence-electron chi connectivity index (χ4n) is 7.11. The summed E-state index contributed by atoms with van der Waals surface area (Å²) >= 11 is 1.96. The zero-order valence-corrected chi connectivity index (χ0v) is 16.8. The number of carbonyl (C=O) groups excluding carboxylic acids is 2. The third-order valence-corrected chi connectivity index (χ3v) is 9.42. The minimum Gasteiger partial charge on any atom is -0.299 e. The molecule has 3 fully saturated rings. The number of hydrogen-bond acceptors (Lipinski definition) is 3. The Morgan fingerprint density at radius 2 is 1.92 bits per heavy atom. The Kier molecular flexibility index (Phi) is 4.46. The van der Waals surface area contributed by atoms with Crippen LogP contribution >= 0.6 is 11.8 Å². The highest BCUT2D eigenvalue weighted by molar-refractivity contribution is 7.99. The first-order chi connectivity index (χ1) is 11.9. The number of allylic oxidation sites excluding steroid dienone is 1. The van der Waals surface area contributed by atoms with Crippen LogP contribution in [0.15, 0.2) is 11.6 Å². The third kappa shape index (κ3) is 2.59. The second kappa shape index (κ2) is 6.25. The maximum atomic E-state index is 12.6. The Balaban J connectivity index is 1.72. The number of hydrogen-bond donors (Lipinski definition) is 0. The van der Waals surface area contributed by atoms with E-state index in [0.717, 1.165) is 38.5 Å². The van der Waals surface area contributed by atoms with E-state index in [1.54, 1.807) is 0 Å². The van der Waals surface area contributed by atoms with Crippen molar-refractivity contribution in [2.45, 2.75) is 76.9 Å². The maximum absolute atomic E-state index is 12.6. The molecular formula is C22H32O2S. The van der Waals surface area contributed by atoms with Crippen LogP contribution in [0.4, 0.5) is 0 Å². The number of thioether (sulfide) groups is 1. The van der Waals surface area contributed by atoms with Crippen molar-refractivity contribution in [1.82, 2.24) is 0 Å². The molecule has 3 saturated carbocycles. The van der Waals surface area contributed by atoms with E-state index in [4.69, 9.17) is 0 Å². The van der Waals surface area contributed by atoms with Gasteiger partial charge in [0.25, 0.3) is 0 Å². The first kappa shape index (κ1) is 17.8. The number of carbonyl (C=O) groups is 2. The van der Waals surface area contributed by atoms with E-state index in [0.29, 0.717) is 34.6 Å². The monoisotopic (exact) mass is 360 g/mol. The largest absolute Gasteiger partial charge is 0.299 e. The number of fused-ring (bicyclic) bond motifs is 5. The van der Waals surface area contributed by atoms with E-state index in [-0.39, 0.29) is 10.8 Å². The quantitative estimate of drug-likeness (QED) is 0.693. The summed E-state index contributed by atoms with van der Waals surface area (Å²) in [6.07, 6.45) is 13.7. The second-order valence-corrected chi connectivity index (χ2v) is 10.7. The molecule has 0 amide bonds.